The van der Waals surface area contributed by atoms with E-state index in [4.69, 9.17) is 17.3 Å². The van der Waals surface area contributed by atoms with Gasteiger partial charge in [-0.3, -0.25) is 4.90 Å². The van der Waals surface area contributed by atoms with Crippen LogP contribution in [0, 0.1) is 0 Å². The van der Waals surface area contributed by atoms with Gasteiger partial charge in [0.05, 0.1) is 8.81 Å². The molecule has 1 aromatic heterocycles. The third-order valence-electron chi connectivity index (χ3n) is 3.14. The van der Waals surface area contributed by atoms with Crippen molar-refractivity contribution in [3.63, 3.8) is 0 Å². The zero-order valence-corrected chi connectivity index (χ0v) is 15.7. The highest BCUT2D eigenvalue weighted by molar-refractivity contribution is 9.11. The molecule has 0 aliphatic carbocycles. The normalized spacial score (nSPS) is 12.9. The summed E-state index contributed by atoms with van der Waals surface area (Å²) in [4.78, 5) is 2.24. The minimum absolute atomic E-state index is 0.152. The van der Waals surface area contributed by atoms with Crippen LogP contribution >= 0.6 is 54.8 Å². The van der Waals surface area contributed by atoms with E-state index in [-0.39, 0.29) is 6.04 Å². The molecule has 2 nitrogen and oxygen atoms in total. The highest BCUT2D eigenvalue weighted by atomic mass is 79.9. The van der Waals surface area contributed by atoms with Gasteiger partial charge in [-0.05, 0) is 73.6 Å². The molecule has 108 valence electrons. The van der Waals surface area contributed by atoms with E-state index in [1.165, 1.54) is 5.56 Å². The molecule has 2 aromatic rings. The van der Waals surface area contributed by atoms with E-state index in [9.17, 15) is 0 Å². The quantitative estimate of drug-likeness (QED) is 0.707. The lowest BCUT2D eigenvalue weighted by Gasteiger charge is -2.27. The van der Waals surface area contributed by atoms with Gasteiger partial charge in [0.1, 0.15) is 0 Å². The highest BCUT2D eigenvalue weighted by Gasteiger charge is 2.17. The number of rotatable bonds is 5. The summed E-state index contributed by atoms with van der Waals surface area (Å²) in [6.45, 7) is 1.41. The minimum Gasteiger partial charge on any atom is -0.329 e. The molecule has 1 atom stereocenters. The lowest BCUT2D eigenvalue weighted by Crippen LogP contribution is -2.30. The fourth-order valence-corrected chi connectivity index (χ4v) is 3.75. The van der Waals surface area contributed by atoms with Gasteiger partial charge >= 0.3 is 0 Å². The molecule has 0 spiro atoms. The van der Waals surface area contributed by atoms with Crippen LogP contribution in [-0.2, 0) is 6.54 Å². The predicted molar refractivity (Wildman–Crippen MR) is 94.4 cm³/mol. The highest BCUT2D eigenvalue weighted by Crippen LogP contribution is 2.29. The van der Waals surface area contributed by atoms with Gasteiger partial charge in [0.2, 0.25) is 0 Å². The molecule has 0 bridgehead atoms. The molecule has 1 heterocycles. The first-order valence-corrected chi connectivity index (χ1v) is 8.93. The van der Waals surface area contributed by atoms with Crippen LogP contribution in [0.4, 0.5) is 0 Å². The number of hydrogen-bond acceptors (Lipinski definition) is 3. The van der Waals surface area contributed by atoms with Gasteiger partial charge in [-0.25, -0.2) is 0 Å². The third-order valence-corrected chi connectivity index (χ3v) is 5.92. The molecule has 0 fully saturated rings. The largest absolute Gasteiger partial charge is 0.329 e. The van der Waals surface area contributed by atoms with Gasteiger partial charge in [0, 0.05) is 23.6 Å². The van der Waals surface area contributed by atoms with Crippen LogP contribution in [0.15, 0.2) is 37.9 Å². The average Bonchev–Trinajstić information content (AvgIpc) is 2.80. The topological polar surface area (TPSA) is 29.3 Å². The lowest BCUT2D eigenvalue weighted by molar-refractivity contribution is 0.242. The Balaban J connectivity index is 2.16. The molecule has 0 aliphatic rings. The Bertz CT molecular complexity index is 588. The van der Waals surface area contributed by atoms with Crippen molar-refractivity contribution < 1.29 is 0 Å². The number of thiophene rings is 1. The summed E-state index contributed by atoms with van der Waals surface area (Å²) in [6, 6.07) is 8.30. The van der Waals surface area contributed by atoms with Gasteiger partial charge < -0.3 is 5.73 Å². The van der Waals surface area contributed by atoms with Crippen LogP contribution in [-0.4, -0.2) is 18.5 Å². The van der Waals surface area contributed by atoms with Crippen molar-refractivity contribution in [3.8, 4) is 0 Å². The van der Waals surface area contributed by atoms with E-state index in [2.05, 4.69) is 61.3 Å². The second-order valence-electron chi connectivity index (χ2n) is 4.60. The van der Waals surface area contributed by atoms with E-state index < -0.39 is 0 Å². The Morgan fingerprint density at radius 2 is 2.10 bits per heavy atom. The average molecular weight is 439 g/mol. The fourth-order valence-electron chi connectivity index (χ4n) is 2.12. The molecule has 1 unspecified atom stereocenters. The number of nitrogens with zero attached hydrogens (tertiary/aromatic N) is 1. The first-order chi connectivity index (χ1) is 9.51. The summed E-state index contributed by atoms with van der Waals surface area (Å²) in [5.74, 6) is 0. The molecule has 0 saturated heterocycles. The molecule has 2 rings (SSSR count). The maximum absolute atomic E-state index is 6.17. The zero-order chi connectivity index (χ0) is 14.7. The number of nitrogens with two attached hydrogens (primary N) is 1. The second-order valence-corrected chi connectivity index (χ2v) is 8.15. The summed E-state index contributed by atoms with van der Waals surface area (Å²) in [7, 11) is 2.08. The van der Waals surface area contributed by atoms with Crippen molar-refractivity contribution in [1.29, 1.82) is 0 Å². The standard InChI is InChI=1S/C14H15Br2ClN2S/c1-19(7-9-4-14(16)20-8-9)13(6-18)10-2-3-11(15)12(17)5-10/h2-5,8,13H,6-7,18H2,1H3. The van der Waals surface area contributed by atoms with Crippen LogP contribution in [0.2, 0.25) is 5.02 Å². The van der Waals surface area contributed by atoms with Crippen molar-refractivity contribution in [1.82, 2.24) is 4.90 Å². The van der Waals surface area contributed by atoms with Crippen LogP contribution in [0.1, 0.15) is 17.2 Å². The van der Waals surface area contributed by atoms with Crippen LogP contribution < -0.4 is 5.73 Å². The molecule has 2 N–H and O–H groups in total. The smallest absolute Gasteiger partial charge is 0.0701 e. The van der Waals surface area contributed by atoms with Crippen molar-refractivity contribution >= 4 is 54.8 Å². The van der Waals surface area contributed by atoms with Gasteiger partial charge in [-0.2, -0.15) is 0 Å². The van der Waals surface area contributed by atoms with Crippen molar-refractivity contribution in [2.45, 2.75) is 12.6 Å². The maximum Gasteiger partial charge on any atom is 0.0701 e. The van der Waals surface area contributed by atoms with Crippen LogP contribution in [0.25, 0.3) is 0 Å². The lowest BCUT2D eigenvalue weighted by atomic mass is 10.1. The van der Waals surface area contributed by atoms with Crippen molar-refractivity contribution in [2.75, 3.05) is 13.6 Å². The third kappa shape index (κ3) is 4.06. The Kier molecular flexibility index (Phi) is 6.08. The molecule has 0 aliphatic heterocycles. The van der Waals surface area contributed by atoms with E-state index in [0.29, 0.717) is 11.6 Å². The van der Waals surface area contributed by atoms with Gasteiger partial charge in [0.25, 0.3) is 0 Å². The minimum atomic E-state index is 0.152. The van der Waals surface area contributed by atoms with Crippen LogP contribution in [0.3, 0.4) is 0 Å². The molecule has 0 amide bonds. The van der Waals surface area contributed by atoms with Crippen molar-refractivity contribution in [3.05, 3.63) is 54.1 Å². The van der Waals surface area contributed by atoms with E-state index in [1.54, 1.807) is 11.3 Å². The maximum atomic E-state index is 6.17. The van der Waals surface area contributed by atoms with Crippen molar-refractivity contribution in [2.24, 2.45) is 5.73 Å². The van der Waals surface area contributed by atoms with Crippen LogP contribution in [0.5, 0.6) is 0 Å². The second kappa shape index (κ2) is 7.38. The Morgan fingerprint density at radius 3 is 2.65 bits per heavy atom. The summed E-state index contributed by atoms with van der Waals surface area (Å²) in [5, 5.41) is 2.87. The fraction of sp³-hybridized carbons (Fsp3) is 0.286. The summed E-state index contributed by atoms with van der Waals surface area (Å²) in [5.41, 5.74) is 8.37. The molecule has 0 saturated carbocycles. The van der Waals surface area contributed by atoms with Gasteiger partial charge in [-0.15, -0.1) is 11.3 Å². The summed E-state index contributed by atoms with van der Waals surface area (Å²) < 4.78 is 2.06. The first kappa shape index (κ1) is 16.5. The Hall–Kier alpha value is 0.0900. The molecule has 6 heteroatoms. The van der Waals surface area contributed by atoms with Gasteiger partial charge in [0.15, 0.2) is 0 Å². The Labute approximate surface area is 145 Å². The monoisotopic (exact) mass is 436 g/mol. The first-order valence-electron chi connectivity index (χ1n) is 6.09. The molecular weight excluding hydrogens is 423 g/mol. The number of likely N-dealkylation sites (N-methyl/N-ethyl adjacent to an activating group) is 1. The number of hydrogen-bond donors (Lipinski definition) is 1. The molecule has 1 aromatic carbocycles. The molecule has 20 heavy (non-hydrogen) atoms. The van der Waals surface area contributed by atoms with E-state index in [0.717, 1.165) is 20.4 Å². The van der Waals surface area contributed by atoms with E-state index >= 15 is 0 Å². The Morgan fingerprint density at radius 1 is 1.35 bits per heavy atom. The predicted octanol–water partition coefficient (Wildman–Crippen LogP) is 5.06. The number of halogens is 3. The molecule has 0 radical (unpaired) electrons. The zero-order valence-electron chi connectivity index (χ0n) is 10.9. The van der Waals surface area contributed by atoms with E-state index in [1.807, 2.05) is 12.1 Å². The number of benzene rings is 1. The van der Waals surface area contributed by atoms with Gasteiger partial charge in [-0.1, -0.05) is 17.7 Å². The molecular formula is C14H15Br2ClN2S. The SMILES string of the molecule is CN(Cc1csc(Br)c1)C(CN)c1ccc(Br)c(Cl)c1. The summed E-state index contributed by atoms with van der Waals surface area (Å²) >= 11 is 14.8. The summed E-state index contributed by atoms with van der Waals surface area (Å²) in [6.07, 6.45) is 0.